The molecule has 0 atom stereocenters. The zero-order valence-electron chi connectivity index (χ0n) is 26.8. The molecule has 224 valence electrons. The van der Waals surface area contributed by atoms with E-state index in [1.54, 1.807) is 0 Å². The molecule has 2 aromatic heterocycles. The molecule has 4 aromatic carbocycles. The fraction of sp³-hybridized carbons (Fsp3) is 0.286. The number of hydrogen-bond donors (Lipinski definition) is 0. The molecular weight excluding hydrogens is 548 g/mol. The van der Waals surface area contributed by atoms with Crippen molar-refractivity contribution in [2.45, 2.75) is 64.7 Å². The summed E-state index contributed by atoms with van der Waals surface area (Å²) >= 11 is 0. The van der Waals surface area contributed by atoms with Gasteiger partial charge in [0.05, 0.1) is 17.2 Å². The summed E-state index contributed by atoms with van der Waals surface area (Å²) in [7, 11) is 2.10. The fourth-order valence-corrected chi connectivity index (χ4v) is 7.57. The molecule has 3 nitrogen and oxygen atoms in total. The number of nitrogens with zero attached hydrogens (tertiary/aromatic N) is 2. The molecule has 1 fully saturated rings. The van der Waals surface area contributed by atoms with Crippen LogP contribution >= 0.6 is 0 Å². The lowest BCUT2D eigenvalue weighted by molar-refractivity contribution is -0.660. The second kappa shape index (κ2) is 12.0. The standard InChI is InChI=1S/C42H41N2O/c1-27(2)24-29-22-23-44(4)38(25-29)39-28(3)10-20-36-37-21-19-35(26-43)40(42(37)45-41(36)39)34-17-15-33(16-18-34)32-13-11-31(12-14-32)30-8-6-5-7-9-30/h5-10,15-23,25,27,31-32H,11-14,24H2,1-4H3/q+1. The lowest BCUT2D eigenvalue weighted by Crippen LogP contribution is -2.31. The highest BCUT2D eigenvalue weighted by Crippen LogP contribution is 2.44. The molecule has 6 aromatic rings. The van der Waals surface area contributed by atoms with Crippen molar-refractivity contribution >= 4 is 21.9 Å². The maximum Gasteiger partial charge on any atom is 0.216 e. The zero-order valence-corrected chi connectivity index (χ0v) is 26.8. The fourth-order valence-electron chi connectivity index (χ4n) is 7.57. The number of aryl methyl sites for hydroxylation is 2. The normalized spacial score (nSPS) is 16.8. The highest BCUT2D eigenvalue weighted by Gasteiger charge is 2.25. The van der Waals surface area contributed by atoms with Crippen LogP contribution in [-0.2, 0) is 13.5 Å². The molecule has 2 heterocycles. The first kappa shape index (κ1) is 29.1. The molecule has 0 saturated heterocycles. The SMILES string of the molecule is Cc1ccc2c(oc3c(-c4ccc(C5CCC(c6ccccc6)CC5)cc4)c(C#N)ccc32)c1-c1cc(CC(C)C)cc[n+]1C. The Bertz CT molecular complexity index is 2040. The van der Waals surface area contributed by atoms with Crippen LogP contribution in [0.25, 0.3) is 44.3 Å². The molecule has 7 rings (SSSR count). The average molecular weight is 590 g/mol. The maximum atomic E-state index is 10.2. The minimum absolute atomic E-state index is 0.578. The zero-order chi connectivity index (χ0) is 31.1. The van der Waals surface area contributed by atoms with Crippen molar-refractivity contribution in [3.63, 3.8) is 0 Å². The van der Waals surface area contributed by atoms with Gasteiger partial charge in [0.2, 0.25) is 5.69 Å². The Morgan fingerprint density at radius 1 is 0.778 bits per heavy atom. The van der Waals surface area contributed by atoms with E-state index in [4.69, 9.17) is 4.42 Å². The molecule has 0 unspecified atom stereocenters. The van der Waals surface area contributed by atoms with Gasteiger partial charge < -0.3 is 4.42 Å². The van der Waals surface area contributed by atoms with Gasteiger partial charge in [-0.15, -0.1) is 0 Å². The number of hydrogen-bond acceptors (Lipinski definition) is 2. The average Bonchev–Trinajstić information content (AvgIpc) is 3.44. The van der Waals surface area contributed by atoms with Gasteiger partial charge in [-0.1, -0.05) is 80.6 Å². The van der Waals surface area contributed by atoms with E-state index >= 15 is 0 Å². The molecule has 0 radical (unpaired) electrons. The molecule has 0 aliphatic heterocycles. The molecule has 0 spiro atoms. The van der Waals surface area contributed by atoms with Gasteiger partial charge in [0.1, 0.15) is 18.2 Å². The highest BCUT2D eigenvalue weighted by atomic mass is 16.3. The Morgan fingerprint density at radius 3 is 2.04 bits per heavy atom. The Kier molecular flexibility index (Phi) is 7.76. The molecule has 0 N–H and O–H groups in total. The van der Waals surface area contributed by atoms with Crippen LogP contribution in [0.5, 0.6) is 0 Å². The minimum Gasteiger partial charge on any atom is -0.454 e. The van der Waals surface area contributed by atoms with Gasteiger partial charge in [-0.25, -0.2) is 4.57 Å². The summed E-state index contributed by atoms with van der Waals surface area (Å²) in [6.45, 7) is 6.68. The van der Waals surface area contributed by atoms with Crippen LogP contribution in [0.3, 0.4) is 0 Å². The van der Waals surface area contributed by atoms with Gasteiger partial charge >= 0.3 is 0 Å². The summed E-state index contributed by atoms with van der Waals surface area (Å²) in [4.78, 5) is 0. The smallest absolute Gasteiger partial charge is 0.216 e. The predicted molar refractivity (Wildman–Crippen MR) is 184 cm³/mol. The first-order chi connectivity index (χ1) is 21.9. The minimum atomic E-state index is 0.578. The summed E-state index contributed by atoms with van der Waals surface area (Å²) in [5, 5.41) is 12.3. The summed E-state index contributed by atoms with van der Waals surface area (Å²) < 4.78 is 9.05. The predicted octanol–water partition coefficient (Wildman–Crippen LogP) is 10.6. The second-order valence-electron chi connectivity index (χ2n) is 13.4. The largest absolute Gasteiger partial charge is 0.454 e. The van der Waals surface area contributed by atoms with E-state index in [9.17, 15) is 5.26 Å². The first-order valence-corrected chi connectivity index (χ1v) is 16.4. The van der Waals surface area contributed by atoms with E-state index < -0.39 is 0 Å². The van der Waals surface area contributed by atoms with Crippen LogP contribution in [0.2, 0.25) is 0 Å². The van der Waals surface area contributed by atoms with Crippen molar-refractivity contribution in [1.29, 1.82) is 5.26 Å². The van der Waals surface area contributed by atoms with Crippen LogP contribution in [0.4, 0.5) is 0 Å². The van der Waals surface area contributed by atoms with E-state index in [1.807, 2.05) is 6.07 Å². The molecule has 1 aliphatic rings. The van der Waals surface area contributed by atoms with Gasteiger partial charge in [-0.2, -0.15) is 5.26 Å². The van der Waals surface area contributed by atoms with Gasteiger partial charge in [0.15, 0.2) is 6.20 Å². The van der Waals surface area contributed by atoms with Crippen molar-refractivity contribution in [1.82, 2.24) is 0 Å². The van der Waals surface area contributed by atoms with E-state index in [1.165, 1.54) is 47.9 Å². The van der Waals surface area contributed by atoms with Crippen LogP contribution in [0.1, 0.15) is 79.2 Å². The van der Waals surface area contributed by atoms with Crippen molar-refractivity contribution in [3.05, 3.63) is 125 Å². The third kappa shape index (κ3) is 5.44. The first-order valence-electron chi connectivity index (χ1n) is 16.4. The number of fused-ring (bicyclic) bond motifs is 3. The Balaban J connectivity index is 1.27. The molecular formula is C42H41N2O+. The quantitative estimate of drug-likeness (QED) is 0.181. The monoisotopic (exact) mass is 589 g/mol. The molecule has 0 bridgehead atoms. The van der Waals surface area contributed by atoms with Gasteiger partial charge in [-0.05, 0) is 96.7 Å². The van der Waals surface area contributed by atoms with E-state index in [-0.39, 0.29) is 0 Å². The molecule has 1 saturated carbocycles. The lowest BCUT2D eigenvalue weighted by Gasteiger charge is -2.29. The van der Waals surface area contributed by atoms with Crippen molar-refractivity contribution < 1.29 is 8.98 Å². The number of pyridine rings is 1. The highest BCUT2D eigenvalue weighted by molar-refractivity contribution is 6.14. The van der Waals surface area contributed by atoms with E-state index in [0.29, 0.717) is 23.3 Å². The number of nitriles is 1. The molecule has 1 aliphatic carbocycles. The lowest BCUT2D eigenvalue weighted by atomic mass is 9.76. The number of aromatic nitrogens is 1. The van der Waals surface area contributed by atoms with Gasteiger partial charge in [-0.3, -0.25) is 0 Å². The Morgan fingerprint density at radius 2 is 1.40 bits per heavy atom. The summed E-state index contributed by atoms with van der Waals surface area (Å²) in [6, 6.07) is 35.3. The number of rotatable bonds is 6. The van der Waals surface area contributed by atoms with Crippen molar-refractivity contribution in [3.8, 4) is 28.5 Å². The van der Waals surface area contributed by atoms with Gasteiger partial charge in [0, 0.05) is 28.5 Å². The summed E-state index contributed by atoms with van der Waals surface area (Å²) in [6.07, 6.45) is 8.06. The van der Waals surface area contributed by atoms with E-state index in [2.05, 4.69) is 130 Å². The van der Waals surface area contributed by atoms with E-state index in [0.717, 1.165) is 50.7 Å². The topological polar surface area (TPSA) is 40.8 Å². The maximum absolute atomic E-state index is 10.2. The molecule has 0 amide bonds. The van der Waals surface area contributed by atoms with Crippen LogP contribution in [0, 0.1) is 24.2 Å². The molecule has 3 heteroatoms. The number of benzene rings is 4. The Labute approximate surface area is 266 Å². The van der Waals surface area contributed by atoms with Crippen molar-refractivity contribution in [2.24, 2.45) is 13.0 Å². The van der Waals surface area contributed by atoms with Gasteiger partial charge in [0.25, 0.3) is 0 Å². The molecule has 45 heavy (non-hydrogen) atoms. The summed E-state index contributed by atoms with van der Waals surface area (Å²) in [5.41, 5.74) is 11.8. The van der Waals surface area contributed by atoms with Crippen LogP contribution < -0.4 is 4.57 Å². The van der Waals surface area contributed by atoms with Crippen molar-refractivity contribution in [2.75, 3.05) is 0 Å². The summed E-state index contributed by atoms with van der Waals surface area (Å²) in [5.74, 6) is 1.82. The van der Waals surface area contributed by atoms with Crippen LogP contribution in [0.15, 0.2) is 102 Å². The third-order valence-electron chi connectivity index (χ3n) is 9.92. The second-order valence-corrected chi connectivity index (χ2v) is 13.4. The number of furan rings is 1. The third-order valence-corrected chi connectivity index (χ3v) is 9.92. The van der Waals surface area contributed by atoms with Crippen LogP contribution in [-0.4, -0.2) is 0 Å². The Hall–Kier alpha value is -4.68.